The molecule has 0 heterocycles. The minimum Gasteiger partial charge on any atom is -0.489 e. The van der Waals surface area contributed by atoms with Gasteiger partial charge in [0.05, 0.1) is 5.56 Å². The zero-order valence-corrected chi connectivity index (χ0v) is 16.9. The van der Waals surface area contributed by atoms with Gasteiger partial charge in [-0.3, -0.25) is 0 Å². The van der Waals surface area contributed by atoms with E-state index in [2.05, 4.69) is 23.2 Å². The van der Waals surface area contributed by atoms with Gasteiger partial charge in [0.15, 0.2) is 17.5 Å². The first kappa shape index (κ1) is 24.6. The predicted octanol–water partition coefficient (Wildman–Crippen LogP) is 6.61. The second kappa shape index (κ2) is 9.87. The topological polar surface area (TPSA) is 18.5 Å². The first-order valence-electron chi connectivity index (χ1n) is 9.28. The lowest BCUT2D eigenvalue weighted by Crippen LogP contribution is -2.25. The summed E-state index contributed by atoms with van der Waals surface area (Å²) in [5.74, 6) is -5.97. The summed E-state index contributed by atoms with van der Waals surface area (Å²) < 4.78 is 120. The zero-order chi connectivity index (χ0) is 25.0. The van der Waals surface area contributed by atoms with E-state index in [1.54, 1.807) is 0 Å². The van der Waals surface area contributed by atoms with Crippen molar-refractivity contribution < 1.29 is 44.6 Å². The van der Waals surface area contributed by atoms with E-state index < -0.39 is 52.3 Å². The molecular weight excluding hydrogens is 472 g/mol. The van der Waals surface area contributed by atoms with Crippen LogP contribution in [0, 0.1) is 46.7 Å². The van der Waals surface area contributed by atoms with Crippen molar-refractivity contribution in [1.82, 2.24) is 0 Å². The second-order valence-electron chi connectivity index (χ2n) is 6.63. The summed E-state index contributed by atoms with van der Waals surface area (Å²) in [6, 6.07) is 4.42. The monoisotopic (exact) mass is 484 g/mol. The number of ether oxygens (including phenoxy) is 2. The van der Waals surface area contributed by atoms with Crippen LogP contribution in [0.3, 0.4) is 0 Å². The molecule has 0 fully saturated rings. The third-order valence-electron chi connectivity index (χ3n) is 4.19. The van der Waals surface area contributed by atoms with Crippen molar-refractivity contribution in [2.45, 2.75) is 6.11 Å². The Morgan fingerprint density at radius 3 is 1.91 bits per heavy atom. The normalized spacial score (nSPS) is 10.9. The van der Waals surface area contributed by atoms with Crippen molar-refractivity contribution in [2.75, 3.05) is 6.61 Å². The van der Waals surface area contributed by atoms with Crippen molar-refractivity contribution in [2.24, 2.45) is 0 Å². The van der Waals surface area contributed by atoms with Crippen molar-refractivity contribution in [3.05, 3.63) is 107 Å². The number of alkyl halides is 2. The molecule has 0 radical (unpaired) electrons. The molecule has 0 N–H and O–H groups in total. The Morgan fingerprint density at radius 2 is 1.35 bits per heavy atom. The molecule has 0 atom stereocenters. The molecule has 0 bridgehead atoms. The maximum atomic E-state index is 14.4. The van der Waals surface area contributed by atoms with E-state index in [1.807, 2.05) is 0 Å². The Morgan fingerprint density at radius 1 is 0.765 bits per heavy atom. The molecule has 0 saturated heterocycles. The first-order chi connectivity index (χ1) is 16.0. The molecule has 34 heavy (non-hydrogen) atoms. The van der Waals surface area contributed by atoms with Crippen LogP contribution in [0.5, 0.6) is 11.5 Å². The molecule has 10 heteroatoms. The summed E-state index contributed by atoms with van der Waals surface area (Å²) in [6.07, 6.45) is -3.26. The molecule has 0 aliphatic heterocycles. The molecular formula is C24H12F8O2. The average Bonchev–Trinajstić information content (AvgIpc) is 2.74. The van der Waals surface area contributed by atoms with Gasteiger partial charge in [-0.25, -0.2) is 26.3 Å². The summed E-state index contributed by atoms with van der Waals surface area (Å²) >= 11 is 0. The lowest BCUT2D eigenvalue weighted by molar-refractivity contribution is -0.189. The zero-order valence-electron chi connectivity index (χ0n) is 16.9. The van der Waals surface area contributed by atoms with E-state index in [0.29, 0.717) is 30.3 Å². The van der Waals surface area contributed by atoms with Crippen molar-refractivity contribution in [3.63, 3.8) is 0 Å². The van der Waals surface area contributed by atoms with E-state index in [4.69, 9.17) is 4.74 Å². The first-order valence-corrected chi connectivity index (χ1v) is 9.28. The van der Waals surface area contributed by atoms with Crippen LogP contribution in [-0.4, -0.2) is 6.61 Å². The number of benzene rings is 3. The van der Waals surface area contributed by atoms with Gasteiger partial charge in [0, 0.05) is 23.8 Å². The Kier molecular flexibility index (Phi) is 7.15. The van der Waals surface area contributed by atoms with Gasteiger partial charge >= 0.3 is 6.11 Å². The number of hydrogen-bond acceptors (Lipinski definition) is 2. The summed E-state index contributed by atoms with van der Waals surface area (Å²) in [6.45, 7) is 3.22. The molecule has 0 aromatic heterocycles. The fourth-order valence-electron chi connectivity index (χ4n) is 2.69. The minimum absolute atomic E-state index is 0.120. The van der Waals surface area contributed by atoms with Gasteiger partial charge in [-0.15, -0.1) is 0 Å². The van der Waals surface area contributed by atoms with Gasteiger partial charge in [0.1, 0.15) is 41.1 Å². The highest BCUT2D eigenvalue weighted by Crippen LogP contribution is 2.37. The third-order valence-corrected chi connectivity index (χ3v) is 4.19. The Bertz CT molecular complexity index is 1260. The fraction of sp³-hybridized carbons (Fsp3) is 0.0833. The van der Waals surface area contributed by atoms with Crippen LogP contribution in [0.15, 0.2) is 55.1 Å². The van der Waals surface area contributed by atoms with E-state index in [0.717, 1.165) is 12.1 Å². The summed E-state index contributed by atoms with van der Waals surface area (Å²) in [5, 5.41) is 0. The average molecular weight is 484 g/mol. The highest BCUT2D eigenvalue weighted by atomic mass is 19.3. The van der Waals surface area contributed by atoms with Gasteiger partial charge < -0.3 is 9.47 Å². The Hall–Kier alpha value is -4.00. The summed E-state index contributed by atoms with van der Waals surface area (Å²) in [7, 11) is 0. The molecule has 0 aliphatic rings. The van der Waals surface area contributed by atoms with Gasteiger partial charge in [-0.2, -0.15) is 8.78 Å². The Labute approximate surface area is 188 Å². The number of hydrogen-bond donors (Lipinski definition) is 0. The van der Waals surface area contributed by atoms with Crippen LogP contribution in [0.1, 0.15) is 16.7 Å². The van der Waals surface area contributed by atoms with Gasteiger partial charge in [0.2, 0.25) is 0 Å². The lowest BCUT2D eigenvalue weighted by Gasteiger charge is -2.20. The molecule has 0 unspecified atom stereocenters. The van der Waals surface area contributed by atoms with E-state index in [9.17, 15) is 35.1 Å². The highest BCUT2D eigenvalue weighted by molar-refractivity contribution is 5.45. The molecule has 0 amide bonds. The molecule has 176 valence electrons. The minimum atomic E-state index is -4.53. The molecule has 3 rings (SSSR count). The maximum Gasteiger partial charge on any atom is 0.432 e. The molecule has 3 aromatic carbocycles. The van der Waals surface area contributed by atoms with Crippen LogP contribution in [0.25, 0.3) is 0 Å². The van der Waals surface area contributed by atoms with Gasteiger partial charge in [0.25, 0.3) is 0 Å². The molecule has 0 spiro atoms. The smallest absolute Gasteiger partial charge is 0.432 e. The molecule has 3 aromatic rings. The molecule has 2 nitrogen and oxygen atoms in total. The third kappa shape index (κ3) is 5.49. The van der Waals surface area contributed by atoms with Crippen molar-refractivity contribution in [1.29, 1.82) is 0 Å². The SMILES string of the molecule is C=CCOc1cc(F)c(C(F)(F)Oc2ccc(C#Cc3cc(F)c(F)c(F)c3)c(F)c2)c(F)c1. The van der Waals surface area contributed by atoms with Gasteiger partial charge in [-0.05, 0) is 24.3 Å². The van der Waals surface area contributed by atoms with E-state index in [1.165, 1.54) is 6.08 Å². The predicted molar refractivity (Wildman–Crippen MR) is 105 cm³/mol. The number of halogens is 8. The maximum absolute atomic E-state index is 14.4. The lowest BCUT2D eigenvalue weighted by atomic mass is 10.1. The Balaban J connectivity index is 1.84. The summed E-state index contributed by atoms with van der Waals surface area (Å²) in [5.41, 5.74) is -2.42. The van der Waals surface area contributed by atoms with Crippen LogP contribution in [0.4, 0.5) is 35.1 Å². The molecule has 0 saturated carbocycles. The van der Waals surface area contributed by atoms with E-state index >= 15 is 0 Å². The van der Waals surface area contributed by atoms with Crippen molar-refractivity contribution >= 4 is 0 Å². The fourth-order valence-corrected chi connectivity index (χ4v) is 2.69. The van der Waals surface area contributed by atoms with Crippen molar-refractivity contribution in [3.8, 4) is 23.3 Å². The highest BCUT2D eigenvalue weighted by Gasteiger charge is 2.41. The van der Waals surface area contributed by atoms with E-state index in [-0.39, 0.29) is 23.5 Å². The van der Waals surface area contributed by atoms with Crippen LogP contribution in [-0.2, 0) is 6.11 Å². The van der Waals surface area contributed by atoms with Gasteiger partial charge in [-0.1, -0.05) is 24.5 Å². The largest absolute Gasteiger partial charge is 0.489 e. The molecule has 0 aliphatic carbocycles. The standard InChI is InChI=1S/C24H12F8O2/c1-2-7-33-16-11-18(26)22(19(27)12-16)24(31,32)34-15-6-5-14(17(25)10-15)4-3-13-8-20(28)23(30)21(29)9-13/h2,5-6,8-12H,1,7H2. The second-order valence-corrected chi connectivity index (χ2v) is 6.63. The van der Waals surface area contributed by atoms with Crippen LogP contribution >= 0.6 is 0 Å². The quantitative estimate of drug-likeness (QED) is 0.170. The van der Waals surface area contributed by atoms with Crippen LogP contribution in [0.2, 0.25) is 0 Å². The summed E-state index contributed by atoms with van der Waals surface area (Å²) in [4.78, 5) is 0. The number of rotatable bonds is 6. The van der Waals surface area contributed by atoms with Crippen LogP contribution < -0.4 is 9.47 Å².